The lowest BCUT2D eigenvalue weighted by atomic mass is 9.95. The van der Waals surface area contributed by atoms with Crippen LogP contribution in [0.2, 0.25) is 0 Å². The van der Waals surface area contributed by atoms with Crippen LogP contribution in [0.25, 0.3) is 0 Å². The number of carbonyl (C=O) groups excluding carboxylic acids is 1. The van der Waals surface area contributed by atoms with Crippen LogP contribution < -0.4 is 5.32 Å². The van der Waals surface area contributed by atoms with E-state index in [1.54, 1.807) is 0 Å². The Labute approximate surface area is 118 Å². The van der Waals surface area contributed by atoms with E-state index in [4.69, 9.17) is 10.4 Å². The fourth-order valence-corrected chi connectivity index (χ4v) is 2.29. The first-order valence-corrected chi connectivity index (χ1v) is 6.76. The quantitative estimate of drug-likeness (QED) is 0.609. The molecule has 0 aromatic heterocycles. The predicted octanol–water partition coefficient (Wildman–Crippen LogP) is -0.438. The first kappa shape index (κ1) is 16.4. The molecule has 0 spiro atoms. The minimum absolute atomic E-state index is 0.228. The summed E-state index contributed by atoms with van der Waals surface area (Å²) < 4.78 is 0. The van der Waals surface area contributed by atoms with Crippen molar-refractivity contribution >= 4 is 11.9 Å². The standard InChI is InChI=1S/C13H21N3O4/c1-9(17)11(13(19)20)15-12(18)10-3-7-16(8-4-10)6-2-5-14/h9-11,17H,2-4,6-8H2,1H3,(H,15,18)(H,19,20). The van der Waals surface area contributed by atoms with Crippen LogP contribution in [-0.4, -0.2) is 58.8 Å². The summed E-state index contributed by atoms with van der Waals surface area (Å²) in [5.41, 5.74) is 0. The molecule has 20 heavy (non-hydrogen) atoms. The van der Waals surface area contributed by atoms with E-state index in [1.165, 1.54) is 6.92 Å². The van der Waals surface area contributed by atoms with E-state index in [-0.39, 0.29) is 11.8 Å². The van der Waals surface area contributed by atoms with Gasteiger partial charge in [0.25, 0.3) is 0 Å². The van der Waals surface area contributed by atoms with Gasteiger partial charge in [0.2, 0.25) is 5.91 Å². The zero-order valence-corrected chi connectivity index (χ0v) is 11.6. The number of carboxylic acids is 1. The summed E-state index contributed by atoms with van der Waals surface area (Å²) in [4.78, 5) is 25.0. The topological polar surface area (TPSA) is 114 Å². The maximum atomic E-state index is 12.0. The van der Waals surface area contributed by atoms with E-state index in [1.807, 2.05) is 0 Å². The zero-order chi connectivity index (χ0) is 15.1. The number of piperidine rings is 1. The van der Waals surface area contributed by atoms with Crippen LogP contribution >= 0.6 is 0 Å². The number of aliphatic hydroxyl groups excluding tert-OH is 1. The smallest absolute Gasteiger partial charge is 0.328 e. The number of hydrogen-bond acceptors (Lipinski definition) is 5. The monoisotopic (exact) mass is 283 g/mol. The Morgan fingerprint density at radius 3 is 2.50 bits per heavy atom. The summed E-state index contributed by atoms with van der Waals surface area (Å²) in [5.74, 6) is -1.79. The van der Waals surface area contributed by atoms with E-state index in [0.29, 0.717) is 25.8 Å². The van der Waals surface area contributed by atoms with Gasteiger partial charge >= 0.3 is 5.97 Å². The molecular weight excluding hydrogens is 262 g/mol. The Hall–Kier alpha value is -1.65. The lowest BCUT2D eigenvalue weighted by molar-refractivity contribution is -0.145. The highest BCUT2D eigenvalue weighted by molar-refractivity contribution is 5.85. The van der Waals surface area contributed by atoms with Crippen LogP contribution in [0, 0.1) is 17.2 Å². The number of rotatable bonds is 6. The molecule has 2 atom stereocenters. The van der Waals surface area contributed by atoms with Crippen LogP contribution in [0.4, 0.5) is 0 Å². The van der Waals surface area contributed by atoms with Crippen molar-refractivity contribution in [3.05, 3.63) is 0 Å². The van der Waals surface area contributed by atoms with Gasteiger partial charge in [0, 0.05) is 18.9 Å². The molecule has 0 bridgehead atoms. The van der Waals surface area contributed by atoms with E-state index < -0.39 is 18.1 Å². The molecule has 3 N–H and O–H groups in total. The van der Waals surface area contributed by atoms with Crippen LogP contribution in [0.5, 0.6) is 0 Å². The van der Waals surface area contributed by atoms with Gasteiger partial charge in [-0.2, -0.15) is 5.26 Å². The van der Waals surface area contributed by atoms with E-state index in [9.17, 15) is 14.7 Å². The van der Waals surface area contributed by atoms with Gasteiger partial charge in [-0.05, 0) is 32.9 Å². The van der Waals surface area contributed by atoms with Crippen molar-refractivity contribution in [2.45, 2.75) is 38.3 Å². The van der Waals surface area contributed by atoms with Crippen LogP contribution in [0.3, 0.4) is 0 Å². The summed E-state index contributed by atoms with van der Waals surface area (Å²) in [5, 5.41) is 29.2. The molecule has 0 aliphatic carbocycles. The van der Waals surface area contributed by atoms with Crippen molar-refractivity contribution in [1.82, 2.24) is 10.2 Å². The van der Waals surface area contributed by atoms with Crippen molar-refractivity contribution in [3.63, 3.8) is 0 Å². The highest BCUT2D eigenvalue weighted by Gasteiger charge is 2.30. The Balaban J connectivity index is 2.43. The molecule has 1 aliphatic heterocycles. The average molecular weight is 283 g/mol. The zero-order valence-electron chi connectivity index (χ0n) is 11.6. The highest BCUT2D eigenvalue weighted by atomic mass is 16.4. The molecule has 0 aromatic carbocycles. The predicted molar refractivity (Wildman–Crippen MR) is 70.6 cm³/mol. The summed E-state index contributed by atoms with van der Waals surface area (Å²) >= 11 is 0. The Bertz CT molecular complexity index is 384. The van der Waals surface area contributed by atoms with Crippen LogP contribution in [-0.2, 0) is 9.59 Å². The van der Waals surface area contributed by atoms with Crippen molar-refractivity contribution < 1.29 is 19.8 Å². The number of nitriles is 1. The number of nitrogens with zero attached hydrogens (tertiary/aromatic N) is 2. The SMILES string of the molecule is CC(O)C(NC(=O)C1CCN(CCC#N)CC1)C(=O)O. The second kappa shape index (κ2) is 7.82. The van der Waals surface area contributed by atoms with Crippen molar-refractivity contribution in [2.75, 3.05) is 19.6 Å². The van der Waals surface area contributed by atoms with Gasteiger partial charge in [-0.1, -0.05) is 0 Å². The summed E-state index contributed by atoms with van der Waals surface area (Å²) in [7, 11) is 0. The average Bonchev–Trinajstić information content (AvgIpc) is 2.42. The third kappa shape index (κ3) is 4.79. The number of aliphatic carboxylic acids is 1. The van der Waals surface area contributed by atoms with Crippen molar-refractivity contribution in [1.29, 1.82) is 5.26 Å². The normalized spacial score (nSPS) is 19.9. The van der Waals surface area contributed by atoms with Crippen molar-refractivity contribution in [2.24, 2.45) is 5.92 Å². The highest BCUT2D eigenvalue weighted by Crippen LogP contribution is 2.17. The molecule has 7 heteroatoms. The van der Waals surface area contributed by atoms with Crippen LogP contribution in [0.15, 0.2) is 0 Å². The maximum Gasteiger partial charge on any atom is 0.328 e. The molecule has 1 saturated heterocycles. The van der Waals surface area contributed by atoms with Gasteiger partial charge in [-0.15, -0.1) is 0 Å². The maximum absolute atomic E-state index is 12.0. The number of hydrogen-bond donors (Lipinski definition) is 3. The molecule has 1 fully saturated rings. The van der Waals surface area contributed by atoms with Gasteiger partial charge in [-0.3, -0.25) is 4.79 Å². The van der Waals surface area contributed by atoms with Gasteiger partial charge in [0.05, 0.1) is 12.2 Å². The summed E-state index contributed by atoms with van der Waals surface area (Å²) in [6.07, 6.45) is 0.624. The fourth-order valence-electron chi connectivity index (χ4n) is 2.29. The number of amides is 1. The molecule has 2 unspecified atom stereocenters. The molecule has 0 saturated carbocycles. The second-order valence-electron chi connectivity index (χ2n) is 5.09. The molecule has 112 valence electrons. The van der Waals surface area contributed by atoms with Gasteiger partial charge in [0.15, 0.2) is 6.04 Å². The number of aliphatic hydroxyl groups is 1. The lowest BCUT2D eigenvalue weighted by Gasteiger charge is -2.31. The molecule has 1 aliphatic rings. The third-order valence-electron chi connectivity index (χ3n) is 3.54. The van der Waals surface area contributed by atoms with Gasteiger partial charge in [-0.25, -0.2) is 4.79 Å². The van der Waals surface area contributed by atoms with E-state index in [2.05, 4.69) is 16.3 Å². The Kier molecular flexibility index (Phi) is 6.42. The minimum Gasteiger partial charge on any atom is -0.480 e. The first-order chi connectivity index (χ1) is 9.45. The molecular formula is C13H21N3O4. The number of nitrogens with one attached hydrogen (secondary N) is 1. The molecule has 1 amide bonds. The Morgan fingerprint density at radius 2 is 2.05 bits per heavy atom. The molecule has 7 nitrogen and oxygen atoms in total. The first-order valence-electron chi connectivity index (χ1n) is 6.76. The van der Waals surface area contributed by atoms with Crippen molar-refractivity contribution in [3.8, 4) is 6.07 Å². The number of carbonyl (C=O) groups is 2. The largest absolute Gasteiger partial charge is 0.480 e. The van der Waals surface area contributed by atoms with E-state index >= 15 is 0 Å². The van der Waals surface area contributed by atoms with Gasteiger partial charge in [0.1, 0.15) is 0 Å². The third-order valence-corrected chi connectivity index (χ3v) is 3.54. The van der Waals surface area contributed by atoms with Gasteiger partial charge < -0.3 is 20.4 Å². The lowest BCUT2D eigenvalue weighted by Crippen LogP contribution is -2.51. The van der Waals surface area contributed by atoms with Crippen LogP contribution in [0.1, 0.15) is 26.2 Å². The minimum atomic E-state index is -1.26. The number of carboxylic acid groups (broad SMARTS) is 1. The summed E-state index contributed by atoms with van der Waals surface area (Å²) in [6.45, 7) is 3.50. The fraction of sp³-hybridized carbons (Fsp3) is 0.769. The second-order valence-corrected chi connectivity index (χ2v) is 5.09. The molecule has 0 radical (unpaired) electrons. The molecule has 1 heterocycles. The summed E-state index contributed by atoms with van der Waals surface area (Å²) in [6, 6.07) is 0.821. The van der Waals surface area contributed by atoms with E-state index in [0.717, 1.165) is 13.1 Å². The molecule has 1 rings (SSSR count). The molecule has 0 aromatic rings. The Morgan fingerprint density at radius 1 is 1.45 bits per heavy atom. The number of likely N-dealkylation sites (tertiary alicyclic amines) is 1.